The Morgan fingerprint density at radius 3 is 2.56 bits per heavy atom. The van der Waals surface area contributed by atoms with E-state index in [1.807, 2.05) is 30.3 Å². The van der Waals surface area contributed by atoms with Crippen LogP contribution in [0.25, 0.3) is 0 Å². The number of hydrogen-bond donors (Lipinski definition) is 0. The Balaban J connectivity index is 2.34. The van der Waals surface area contributed by atoms with Crippen LogP contribution in [-0.4, -0.2) is 11.2 Å². The normalized spacial score (nSPS) is 12.4. The van der Waals surface area contributed by atoms with Crippen LogP contribution in [-0.2, 0) is 0 Å². The first-order valence-electron chi connectivity index (χ1n) is 5.96. The van der Waals surface area contributed by atoms with Crippen LogP contribution in [0.1, 0.15) is 49.4 Å². The Hall–Kier alpha value is -0.820. The number of hydrogen-bond acceptors (Lipinski definition) is 1. The van der Waals surface area contributed by atoms with Crippen LogP contribution in [0.3, 0.4) is 0 Å². The van der Waals surface area contributed by atoms with E-state index >= 15 is 0 Å². The standard InChI is InChI=1S/C14H19ClO/c1-2-3-5-10-13(15)11-14(16)12-8-6-4-7-9-12/h4,6-9,13H,2-3,5,10-11H2,1H3. The van der Waals surface area contributed by atoms with Crippen LogP contribution in [0.5, 0.6) is 0 Å². The summed E-state index contributed by atoms with van der Waals surface area (Å²) in [5, 5.41) is -0.0146. The third kappa shape index (κ3) is 4.80. The molecule has 2 heteroatoms. The smallest absolute Gasteiger partial charge is 0.164 e. The van der Waals surface area contributed by atoms with Gasteiger partial charge in [0.15, 0.2) is 5.78 Å². The van der Waals surface area contributed by atoms with Gasteiger partial charge in [-0.3, -0.25) is 4.79 Å². The molecule has 0 heterocycles. The molecule has 0 bridgehead atoms. The summed E-state index contributed by atoms with van der Waals surface area (Å²) in [7, 11) is 0. The molecule has 1 unspecified atom stereocenters. The van der Waals surface area contributed by atoms with E-state index in [1.54, 1.807) is 0 Å². The number of carbonyl (C=O) groups is 1. The van der Waals surface area contributed by atoms with Crippen molar-refractivity contribution in [3.05, 3.63) is 35.9 Å². The molecule has 1 aromatic rings. The zero-order chi connectivity index (χ0) is 11.8. The van der Waals surface area contributed by atoms with Crippen molar-refractivity contribution in [3.8, 4) is 0 Å². The maximum atomic E-state index is 11.8. The van der Waals surface area contributed by atoms with Crippen LogP contribution in [0, 0.1) is 0 Å². The largest absolute Gasteiger partial charge is 0.294 e. The maximum absolute atomic E-state index is 11.8. The summed E-state index contributed by atoms with van der Waals surface area (Å²) in [6, 6.07) is 9.37. The molecule has 0 radical (unpaired) electrons. The van der Waals surface area contributed by atoms with Crippen molar-refractivity contribution >= 4 is 17.4 Å². The minimum absolute atomic E-state index is 0.0146. The van der Waals surface area contributed by atoms with Gasteiger partial charge in [0.05, 0.1) is 0 Å². The fourth-order valence-corrected chi connectivity index (χ4v) is 1.96. The molecule has 0 spiro atoms. The van der Waals surface area contributed by atoms with E-state index < -0.39 is 0 Å². The number of benzene rings is 1. The van der Waals surface area contributed by atoms with Gasteiger partial charge in [0.25, 0.3) is 0 Å². The number of alkyl halides is 1. The zero-order valence-electron chi connectivity index (χ0n) is 9.79. The maximum Gasteiger partial charge on any atom is 0.164 e. The Morgan fingerprint density at radius 1 is 1.25 bits per heavy atom. The highest BCUT2D eigenvalue weighted by molar-refractivity contribution is 6.22. The number of Topliss-reactive ketones (excluding diaryl/α,β-unsaturated/α-hetero) is 1. The highest BCUT2D eigenvalue weighted by Crippen LogP contribution is 2.15. The van der Waals surface area contributed by atoms with E-state index in [4.69, 9.17) is 11.6 Å². The predicted molar refractivity (Wildman–Crippen MR) is 69.2 cm³/mol. The van der Waals surface area contributed by atoms with Gasteiger partial charge in [-0.15, -0.1) is 11.6 Å². The molecule has 88 valence electrons. The van der Waals surface area contributed by atoms with E-state index in [0.29, 0.717) is 6.42 Å². The Bertz CT molecular complexity index is 308. The van der Waals surface area contributed by atoms with E-state index in [2.05, 4.69) is 6.92 Å². The van der Waals surface area contributed by atoms with E-state index in [1.165, 1.54) is 12.8 Å². The Kier molecular flexibility index (Phi) is 6.17. The molecule has 1 aromatic carbocycles. The molecule has 0 N–H and O–H groups in total. The summed E-state index contributed by atoms with van der Waals surface area (Å²) >= 11 is 6.14. The van der Waals surface area contributed by atoms with Gasteiger partial charge in [-0.2, -0.15) is 0 Å². The van der Waals surface area contributed by atoms with E-state index in [9.17, 15) is 4.79 Å². The highest BCUT2D eigenvalue weighted by Gasteiger charge is 2.12. The molecular formula is C14H19ClO. The van der Waals surface area contributed by atoms with E-state index in [0.717, 1.165) is 18.4 Å². The molecule has 0 aromatic heterocycles. The highest BCUT2D eigenvalue weighted by atomic mass is 35.5. The third-order valence-corrected chi connectivity index (χ3v) is 3.00. The summed E-state index contributed by atoms with van der Waals surface area (Å²) < 4.78 is 0. The van der Waals surface area contributed by atoms with Gasteiger partial charge in [-0.1, -0.05) is 56.5 Å². The van der Waals surface area contributed by atoms with Crippen molar-refractivity contribution in [2.45, 2.75) is 44.4 Å². The molecule has 1 atom stereocenters. The van der Waals surface area contributed by atoms with Crippen LogP contribution < -0.4 is 0 Å². The average Bonchev–Trinajstić information content (AvgIpc) is 2.30. The molecule has 0 aliphatic heterocycles. The van der Waals surface area contributed by atoms with E-state index in [-0.39, 0.29) is 11.2 Å². The quantitative estimate of drug-likeness (QED) is 0.390. The fourth-order valence-electron chi connectivity index (χ4n) is 1.66. The number of unbranched alkanes of at least 4 members (excludes halogenated alkanes) is 2. The first-order chi connectivity index (χ1) is 7.74. The lowest BCUT2D eigenvalue weighted by molar-refractivity contribution is 0.0980. The van der Waals surface area contributed by atoms with Crippen LogP contribution >= 0.6 is 11.6 Å². The minimum Gasteiger partial charge on any atom is -0.294 e. The van der Waals surface area contributed by atoms with Gasteiger partial charge in [0, 0.05) is 17.4 Å². The van der Waals surface area contributed by atoms with Crippen molar-refractivity contribution in [2.75, 3.05) is 0 Å². The van der Waals surface area contributed by atoms with Gasteiger partial charge >= 0.3 is 0 Å². The Morgan fingerprint density at radius 2 is 1.94 bits per heavy atom. The van der Waals surface area contributed by atoms with Gasteiger partial charge in [0.2, 0.25) is 0 Å². The minimum atomic E-state index is -0.0146. The number of ketones is 1. The second-order valence-electron chi connectivity index (χ2n) is 4.09. The van der Waals surface area contributed by atoms with Gasteiger partial charge in [0.1, 0.15) is 0 Å². The first-order valence-corrected chi connectivity index (χ1v) is 6.40. The molecule has 0 saturated carbocycles. The summed E-state index contributed by atoms with van der Waals surface area (Å²) in [5.74, 6) is 0.150. The SMILES string of the molecule is CCCCCC(Cl)CC(=O)c1ccccc1. The van der Waals surface area contributed by atoms with Crippen LogP contribution in [0.2, 0.25) is 0 Å². The van der Waals surface area contributed by atoms with Crippen molar-refractivity contribution in [3.63, 3.8) is 0 Å². The summed E-state index contributed by atoms with van der Waals surface area (Å²) in [5.41, 5.74) is 0.767. The number of rotatable bonds is 7. The summed E-state index contributed by atoms with van der Waals surface area (Å²) in [6.07, 6.45) is 4.90. The molecular weight excluding hydrogens is 220 g/mol. The molecule has 0 amide bonds. The lowest BCUT2D eigenvalue weighted by atomic mass is 10.0. The zero-order valence-corrected chi connectivity index (χ0v) is 10.5. The number of carbonyl (C=O) groups excluding carboxylic acids is 1. The average molecular weight is 239 g/mol. The second-order valence-corrected chi connectivity index (χ2v) is 4.70. The Labute approximate surface area is 103 Å². The lowest BCUT2D eigenvalue weighted by Crippen LogP contribution is -2.08. The lowest BCUT2D eigenvalue weighted by Gasteiger charge is -2.07. The molecule has 16 heavy (non-hydrogen) atoms. The third-order valence-electron chi connectivity index (χ3n) is 2.62. The first kappa shape index (κ1) is 13.2. The van der Waals surface area contributed by atoms with Crippen molar-refractivity contribution in [1.29, 1.82) is 0 Å². The van der Waals surface area contributed by atoms with Crippen molar-refractivity contribution in [2.24, 2.45) is 0 Å². The number of halogens is 1. The molecule has 0 aliphatic carbocycles. The summed E-state index contributed by atoms with van der Waals surface area (Å²) in [6.45, 7) is 2.17. The van der Waals surface area contributed by atoms with Crippen LogP contribution in [0.4, 0.5) is 0 Å². The van der Waals surface area contributed by atoms with Crippen LogP contribution in [0.15, 0.2) is 30.3 Å². The van der Waals surface area contributed by atoms with Gasteiger partial charge in [-0.05, 0) is 6.42 Å². The topological polar surface area (TPSA) is 17.1 Å². The monoisotopic (exact) mass is 238 g/mol. The van der Waals surface area contributed by atoms with Crippen molar-refractivity contribution in [1.82, 2.24) is 0 Å². The van der Waals surface area contributed by atoms with Crippen molar-refractivity contribution < 1.29 is 4.79 Å². The fraction of sp³-hybridized carbons (Fsp3) is 0.500. The molecule has 0 aliphatic rings. The second kappa shape index (κ2) is 7.45. The predicted octanol–water partition coefficient (Wildman–Crippen LogP) is 4.45. The molecule has 1 nitrogen and oxygen atoms in total. The van der Waals surface area contributed by atoms with Gasteiger partial charge < -0.3 is 0 Å². The molecule has 1 rings (SSSR count). The molecule has 0 saturated heterocycles. The van der Waals surface area contributed by atoms with Gasteiger partial charge in [-0.25, -0.2) is 0 Å². The summed E-state index contributed by atoms with van der Waals surface area (Å²) in [4.78, 5) is 11.8. The molecule has 0 fully saturated rings.